The van der Waals surface area contributed by atoms with Crippen molar-refractivity contribution in [1.82, 2.24) is 24.9 Å². The summed E-state index contributed by atoms with van der Waals surface area (Å²) in [5.74, 6) is 2.67. The summed E-state index contributed by atoms with van der Waals surface area (Å²) in [6, 6.07) is 60.8. The van der Waals surface area contributed by atoms with Gasteiger partial charge < -0.3 is 0 Å². The van der Waals surface area contributed by atoms with Crippen LogP contribution in [0.2, 0.25) is 0 Å². The number of hydrogen-bond acceptors (Lipinski definition) is 7. The predicted molar refractivity (Wildman–Crippen MR) is 234 cm³/mol. The summed E-state index contributed by atoms with van der Waals surface area (Å²) in [5.41, 5.74) is 9.22. The molecule has 4 aromatic heterocycles. The average molecular weight is 752 g/mol. The lowest BCUT2D eigenvalue weighted by Gasteiger charge is -2.10. The van der Waals surface area contributed by atoms with Crippen LogP contribution < -0.4 is 0 Å². The molecule has 262 valence electrons. The molecule has 0 N–H and O–H groups in total. The van der Waals surface area contributed by atoms with Crippen LogP contribution in [0.15, 0.2) is 176 Å². The number of rotatable bonds is 6. The predicted octanol–water partition coefficient (Wildman–Crippen LogP) is 13.4. The SMILES string of the molecule is c1ccc(-c2nc(-c3ccccc3)nc(-c3ccc(-c4cccc5c4sc4cccc(-c6nc(-c7ccccc7)c7sc8ccccc8c7n6)c45)cc3)n2)cc1. The Morgan fingerprint density at radius 2 is 0.804 bits per heavy atom. The minimum absolute atomic E-state index is 0.638. The van der Waals surface area contributed by atoms with Gasteiger partial charge in [0.05, 0.1) is 15.9 Å². The Morgan fingerprint density at radius 1 is 0.304 bits per heavy atom. The third-order valence-corrected chi connectivity index (χ3v) is 12.6. The monoisotopic (exact) mass is 751 g/mol. The van der Waals surface area contributed by atoms with Crippen molar-refractivity contribution in [3.8, 4) is 67.9 Å². The van der Waals surface area contributed by atoms with Gasteiger partial charge in [-0.2, -0.15) is 0 Å². The van der Waals surface area contributed by atoms with Crippen molar-refractivity contribution in [2.75, 3.05) is 0 Å². The zero-order valence-electron chi connectivity index (χ0n) is 29.8. The number of thiophene rings is 2. The fourth-order valence-corrected chi connectivity index (χ4v) is 9.92. The molecule has 0 saturated carbocycles. The van der Waals surface area contributed by atoms with Gasteiger partial charge in [0.15, 0.2) is 23.3 Å². The summed E-state index contributed by atoms with van der Waals surface area (Å²) in [7, 11) is 0. The van der Waals surface area contributed by atoms with Gasteiger partial charge in [-0.3, -0.25) is 0 Å². The quantitative estimate of drug-likeness (QED) is 0.169. The van der Waals surface area contributed by atoms with E-state index in [9.17, 15) is 0 Å². The molecule has 0 aliphatic heterocycles. The van der Waals surface area contributed by atoms with E-state index in [2.05, 4.69) is 109 Å². The standard InChI is InChI=1S/C49H29N5S2/c1-4-14-31(15-5-1)42-45-43(36-20-10-11-24-39(36)55-45)51-49(50-42)38-23-13-25-40-41(38)37-22-12-21-35(44(37)56-40)30-26-28-34(29-27-30)48-53-46(32-16-6-2-7-17-32)52-47(54-48)33-18-8-3-9-19-33/h1-29H. The molecule has 0 aliphatic carbocycles. The summed E-state index contributed by atoms with van der Waals surface area (Å²) in [5, 5.41) is 3.53. The van der Waals surface area contributed by atoms with Gasteiger partial charge in [0.2, 0.25) is 0 Å². The first-order valence-corrected chi connectivity index (χ1v) is 20.1. The molecule has 7 heteroatoms. The second kappa shape index (κ2) is 13.4. The van der Waals surface area contributed by atoms with E-state index in [1.165, 1.54) is 30.4 Å². The summed E-state index contributed by atoms with van der Waals surface area (Å²) < 4.78 is 4.75. The number of nitrogens with zero attached hydrogens (tertiary/aromatic N) is 5. The van der Waals surface area contributed by atoms with Crippen LogP contribution in [0.1, 0.15) is 0 Å². The molecule has 5 nitrogen and oxygen atoms in total. The highest BCUT2D eigenvalue weighted by molar-refractivity contribution is 7.26. The topological polar surface area (TPSA) is 64.5 Å². The maximum atomic E-state index is 5.33. The van der Waals surface area contributed by atoms with Gasteiger partial charge in [0.1, 0.15) is 0 Å². The van der Waals surface area contributed by atoms with Crippen molar-refractivity contribution in [3.05, 3.63) is 176 Å². The Kier molecular flexibility index (Phi) is 7.79. The van der Waals surface area contributed by atoms with Crippen LogP contribution in [-0.4, -0.2) is 24.9 Å². The molecule has 0 bridgehead atoms. The third kappa shape index (κ3) is 5.56. The number of hydrogen-bond donors (Lipinski definition) is 0. The van der Waals surface area contributed by atoms with Crippen molar-refractivity contribution >= 4 is 63.1 Å². The summed E-state index contributed by atoms with van der Waals surface area (Å²) in [4.78, 5) is 25.4. The summed E-state index contributed by atoms with van der Waals surface area (Å²) in [6.45, 7) is 0. The molecule has 0 radical (unpaired) electrons. The van der Waals surface area contributed by atoms with E-state index >= 15 is 0 Å². The molecule has 56 heavy (non-hydrogen) atoms. The zero-order chi connectivity index (χ0) is 37.0. The van der Waals surface area contributed by atoms with E-state index in [0.29, 0.717) is 17.5 Å². The highest BCUT2D eigenvalue weighted by atomic mass is 32.1. The van der Waals surface area contributed by atoms with Crippen molar-refractivity contribution < 1.29 is 0 Å². The summed E-state index contributed by atoms with van der Waals surface area (Å²) in [6.07, 6.45) is 0. The van der Waals surface area contributed by atoms with E-state index in [4.69, 9.17) is 24.9 Å². The third-order valence-electron chi connectivity index (χ3n) is 10.2. The Morgan fingerprint density at radius 3 is 1.48 bits per heavy atom. The normalized spacial score (nSPS) is 11.6. The first kappa shape index (κ1) is 32.5. The minimum Gasteiger partial charge on any atom is -0.226 e. The molecule has 0 atom stereocenters. The molecular weight excluding hydrogens is 723 g/mol. The molecule has 11 aromatic rings. The Bertz CT molecular complexity index is 3170. The van der Waals surface area contributed by atoms with Gasteiger partial charge in [-0.15, -0.1) is 22.7 Å². The Balaban J connectivity index is 1.03. The van der Waals surface area contributed by atoms with Crippen LogP contribution in [0, 0.1) is 0 Å². The van der Waals surface area contributed by atoms with E-state index in [0.717, 1.165) is 60.5 Å². The molecule has 0 spiro atoms. The van der Waals surface area contributed by atoms with Crippen LogP contribution in [0.25, 0.3) is 108 Å². The van der Waals surface area contributed by atoms with Crippen LogP contribution in [-0.2, 0) is 0 Å². The van der Waals surface area contributed by atoms with E-state index in [1.807, 2.05) is 78.1 Å². The molecule has 4 heterocycles. The molecule has 0 amide bonds. The lowest BCUT2D eigenvalue weighted by atomic mass is 9.99. The van der Waals surface area contributed by atoms with Crippen molar-refractivity contribution in [2.45, 2.75) is 0 Å². The Labute approximate surface area is 330 Å². The molecule has 11 rings (SSSR count). The molecule has 0 saturated heterocycles. The molecule has 0 fully saturated rings. The van der Waals surface area contributed by atoms with Gasteiger partial charge in [0.25, 0.3) is 0 Å². The van der Waals surface area contributed by atoms with Gasteiger partial charge in [0, 0.05) is 58.1 Å². The van der Waals surface area contributed by atoms with Crippen molar-refractivity contribution in [3.63, 3.8) is 0 Å². The number of aromatic nitrogens is 5. The minimum atomic E-state index is 0.638. The van der Waals surface area contributed by atoms with Crippen LogP contribution in [0.3, 0.4) is 0 Å². The smallest absolute Gasteiger partial charge is 0.164 e. The van der Waals surface area contributed by atoms with Crippen LogP contribution >= 0.6 is 22.7 Å². The number of fused-ring (bicyclic) bond motifs is 6. The second-order valence-electron chi connectivity index (χ2n) is 13.6. The van der Waals surface area contributed by atoms with E-state index in [1.54, 1.807) is 11.3 Å². The second-order valence-corrected chi connectivity index (χ2v) is 15.7. The first-order valence-electron chi connectivity index (χ1n) is 18.4. The lowest BCUT2D eigenvalue weighted by molar-refractivity contribution is 1.07. The summed E-state index contributed by atoms with van der Waals surface area (Å²) >= 11 is 3.57. The van der Waals surface area contributed by atoms with E-state index < -0.39 is 0 Å². The fraction of sp³-hybridized carbons (Fsp3) is 0. The maximum Gasteiger partial charge on any atom is 0.164 e. The number of benzene rings is 7. The van der Waals surface area contributed by atoms with Gasteiger partial charge in [-0.1, -0.05) is 164 Å². The highest BCUT2D eigenvalue weighted by Gasteiger charge is 2.20. The van der Waals surface area contributed by atoms with E-state index in [-0.39, 0.29) is 0 Å². The van der Waals surface area contributed by atoms with Gasteiger partial charge >= 0.3 is 0 Å². The van der Waals surface area contributed by atoms with Crippen LogP contribution in [0.4, 0.5) is 0 Å². The maximum absolute atomic E-state index is 5.33. The molecule has 0 unspecified atom stereocenters. The van der Waals surface area contributed by atoms with Crippen molar-refractivity contribution in [2.24, 2.45) is 0 Å². The zero-order valence-corrected chi connectivity index (χ0v) is 31.4. The fourth-order valence-electron chi connectivity index (χ4n) is 7.50. The largest absolute Gasteiger partial charge is 0.226 e. The average Bonchev–Trinajstić information content (AvgIpc) is 3.86. The molecule has 7 aromatic carbocycles. The molecular formula is C49H29N5S2. The van der Waals surface area contributed by atoms with Crippen molar-refractivity contribution in [1.29, 1.82) is 0 Å². The first-order chi connectivity index (χ1) is 27.7. The van der Waals surface area contributed by atoms with Crippen LogP contribution in [0.5, 0.6) is 0 Å². The lowest BCUT2D eigenvalue weighted by Crippen LogP contribution is -2.00. The highest BCUT2D eigenvalue weighted by Crippen LogP contribution is 2.45. The molecule has 0 aliphatic rings. The van der Waals surface area contributed by atoms with Gasteiger partial charge in [-0.05, 0) is 23.3 Å². The van der Waals surface area contributed by atoms with Gasteiger partial charge in [-0.25, -0.2) is 24.9 Å². The Hall–Kier alpha value is -6.93.